The number of hydrogen-bond acceptors (Lipinski definition) is 5. The van der Waals surface area contributed by atoms with Gasteiger partial charge in [0.1, 0.15) is 12.7 Å². The molecule has 0 radical (unpaired) electrons. The van der Waals surface area contributed by atoms with Gasteiger partial charge in [-0.3, -0.25) is 14.6 Å². The van der Waals surface area contributed by atoms with Gasteiger partial charge in [-0.15, -0.1) is 11.3 Å². The minimum Gasteiger partial charge on any atom is -0.480 e. The molecular weight excluding hydrogens is 285 g/mol. The fourth-order valence-electron chi connectivity index (χ4n) is 1.58. The molecule has 0 aromatic carbocycles. The number of fused-ring (bicyclic) bond motifs is 1. The van der Waals surface area contributed by atoms with E-state index in [1.54, 1.807) is 12.1 Å². The second kappa shape index (κ2) is 5.93. The molecule has 0 spiro atoms. The van der Waals surface area contributed by atoms with Crippen molar-refractivity contribution < 1.29 is 19.1 Å². The second-order valence-electron chi connectivity index (χ2n) is 4.08. The average Bonchev–Trinajstić information content (AvgIpc) is 2.87. The summed E-state index contributed by atoms with van der Waals surface area (Å²) >= 11 is 1.11. The van der Waals surface area contributed by atoms with E-state index in [1.165, 1.54) is 6.20 Å². The highest BCUT2D eigenvalue weighted by Crippen LogP contribution is 2.27. The Kier molecular flexibility index (Phi) is 4.26. The summed E-state index contributed by atoms with van der Waals surface area (Å²) in [5, 5.41) is 11.0. The van der Waals surface area contributed by atoms with Crippen molar-refractivity contribution >= 4 is 33.4 Å². The third-order valence-electron chi connectivity index (χ3n) is 2.66. The zero-order chi connectivity index (χ0) is 14.7. The molecule has 0 fully saturated rings. The Morgan fingerprint density at radius 3 is 2.95 bits per heavy atom. The number of halogens is 1. The molecule has 20 heavy (non-hydrogen) atoms. The van der Waals surface area contributed by atoms with Crippen LogP contribution < -0.4 is 11.1 Å². The van der Waals surface area contributed by atoms with E-state index in [2.05, 4.69) is 10.3 Å². The van der Waals surface area contributed by atoms with Gasteiger partial charge in [-0.05, 0) is 12.1 Å². The first-order valence-electron chi connectivity index (χ1n) is 5.73. The monoisotopic (exact) mass is 297 g/mol. The van der Waals surface area contributed by atoms with Crippen LogP contribution in [0.25, 0.3) is 10.2 Å². The lowest BCUT2D eigenvalue weighted by Crippen LogP contribution is -2.42. The number of hydrogen-bond donors (Lipinski definition) is 3. The summed E-state index contributed by atoms with van der Waals surface area (Å²) in [7, 11) is 0. The number of nitrogens with one attached hydrogen (secondary N) is 1. The van der Waals surface area contributed by atoms with Crippen molar-refractivity contribution in [2.75, 3.05) is 6.54 Å². The molecule has 8 heteroatoms. The van der Waals surface area contributed by atoms with Crippen molar-refractivity contribution in [1.82, 2.24) is 10.3 Å². The SMILES string of the molecule is NC(CNC(=O)c1cc2nccc(CF)c2s1)C(=O)O. The van der Waals surface area contributed by atoms with Crippen LogP contribution in [0, 0.1) is 0 Å². The molecule has 0 saturated carbocycles. The lowest BCUT2D eigenvalue weighted by Gasteiger charge is -2.06. The molecule has 6 nitrogen and oxygen atoms in total. The third-order valence-corrected chi connectivity index (χ3v) is 3.86. The van der Waals surface area contributed by atoms with E-state index in [0.29, 0.717) is 20.7 Å². The summed E-state index contributed by atoms with van der Waals surface area (Å²) in [5.41, 5.74) is 6.30. The first-order chi connectivity index (χ1) is 9.52. The van der Waals surface area contributed by atoms with Gasteiger partial charge < -0.3 is 16.2 Å². The summed E-state index contributed by atoms with van der Waals surface area (Å²) in [6.45, 7) is -0.809. The molecule has 2 heterocycles. The number of pyridine rings is 1. The second-order valence-corrected chi connectivity index (χ2v) is 5.14. The topological polar surface area (TPSA) is 105 Å². The smallest absolute Gasteiger partial charge is 0.322 e. The standard InChI is InChI=1S/C12H12FN3O3S/c13-4-6-1-2-15-8-3-9(20-10(6)8)11(17)16-5-7(14)12(18)19/h1-3,7H,4-5,14H2,(H,16,17)(H,18,19). The van der Waals surface area contributed by atoms with Gasteiger partial charge in [-0.2, -0.15) is 0 Å². The van der Waals surface area contributed by atoms with Crippen molar-refractivity contribution in [3.63, 3.8) is 0 Å². The van der Waals surface area contributed by atoms with E-state index in [9.17, 15) is 14.0 Å². The lowest BCUT2D eigenvalue weighted by atomic mass is 10.2. The fourth-order valence-corrected chi connectivity index (χ4v) is 2.61. The van der Waals surface area contributed by atoms with Crippen LogP contribution in [0.4, 0.5) is 4.39 Å². The number of carboxylic acids is 1. The largest absolute Gasteiger partial charge is 0.480 e. The minimum atomic E-state index is -1.19. The average molecular weight is 297 g/mol. The molecule has 0 aliphatic rings. The number of aliphatic carboxylic acids is 1. The van der Waals surface area contributed by atoms with Crippen molar-refractivity contribution in [2.45, 2.75) is 12.7 Å². The van der Waals surface area contributed by atoms with E-state index < -0.39 is 24.6 Å². The Morgan fingerprint density at radius 2 is 2.30 bits per heavy atom. The lowest BCUT2D eigenvalue weighted by molar-refractivity contribution is -0.138. The third kappa shape index (κ3) is 2.91. The molecular formula is C12H12FN3O3S. The molecule has 2 aromatic rings. The Balaban J connectivity index is 2.17. The predicted octanol–water partition coefficient (Wildman–Crippen LogP) is 0.907. The highest BCUT2D eigenvalue weighted by Gasteiger charge is 2.16. The molecule has 0 aliphatic carbocycles. The van der Waals surface area contributed by atoms with Crippen molar-refractivity contribution in [2.24, 2.45) is 5.73 Å². The van der Waals surface area contributed by atoms with E-state index in [-0.39, 0.29) is 6.54 Å². The molecule has 4 N–H and O–H groups in total. The molecule has 1 atom stereocenters. The van der Waals surface area contributed by atoms with E-state index in [1.807, 2.05) is 0 Å². The Morgan fingerprint density at radius 1 is 1.55 bits per heavy atom. The zero-order valence-electron chi connectivity index (χ0n) is 10.3. The van der Waals surface area contributed by atoms with Crippen molar-refractivity contribution in [1.29, 1.82) is 0 Å². The Labute approximate surface area is 117 Å². The van der Waals surface area contributed by atoms with Gasteiger partial charge in [0.05, 0.1) is 15.1 Å². The molecule has 2 rings (SSSR count). The van der Waals surface area contributed by atoms with Gasteiger partial charge in [0.2, 0.25) is 0 Å². The number of nitrogens with two attached hydrogens (primary N) is 1. The van der Waals surface area contributed by atoms with Gasteiger partial charge in [-0.25, -0.2) is 4.39 Å². The van der Waals surface area contributed by atoms with Crippen LogP contribution in [0.3, 0.4) is 0 Å². The number of rotatable bonds is 5. The van der Waals surface area contributed by atoms with E-state index in [4.69, 9.17) is 10.8 Å². The predicted molar refractivity (Wildman–Crippen MR) is 72.4 cm³/mol. The molecule has 1 unspecified atom stereocenters. The molecule has 0 saturated heterocycles. The normalized spacial score (nSPS) is 12.3. The van der Waals surface area contributed by atoms with E-state index >= 15 is 0 Å². The summed E-state index contributed by atoms with van der Waals surface area (Å²) in [4.78, 5) is 26.8. The quantitative estimate of drug-likeness (QED) is 0.760. The van der Waals surface area contributed by atoms with Gasteiger partial charge >= 0.3 is 5.97 Å². The number of carboxylic acid groups (broad SMARTS) is 1. The zero-order valence-corrected chi connectivity index (χ0v) is 11.1. The number of amides is 1. The highest BCUT2D eigenvalue weighted by molar-refractivity contribution is 7.21. The molecule has 0 bridgehead atoms. The Hall–Kier alpha value is -2.06. The summed E-state index contributed by atoms with van der Waals surface area (Å²) in [6.07, 6.45) is 1.48. The van der Waals surface area contributed by atoms with Crippen LogP contribution in [0.1, 0.15) is 15.2 Å². The van der Waals surface area contributed by atoms with Gasteiger partial charge in [-0.1, -0.05) is 0 Å². The van der Waals surface area contributed by atoms with Crippen LogP contribution in [-0.2, 0) is 11.5 Å². The maximum atomic E-state index is 12.8. The number of alkyl halides is 1. The molecule has 1 amide bonds. The first-order valence-corrected chi connectivity index (χ1v) is 6.54. The summed E-state index contributed by atoms with van der Waals surface area (Å²) in [5.74, 6) is -1.64. The summed E-state index contributed by atoms with van der Waals surface area (Å²) in [6, 6.07) is 1.94. The van der Waals surface area contributed by atoms with E-state index in [0.717, 1.165) is 11.3 Å². The van der Waals surface area contributed by atoms with Crippen molar-refractivity contribution in [3.05, 3.63) is 28.8 Å². The summed E-state index contributed by atoms with van der Waals surface area (Å²) < 4.78 is 13.4. The van der Waals surface area contributed by atoms with Crippen LogP contribution >= 0.6 is 11.3 Å². The number of aromatic nitrogens is 1. The number of nitrogens with zero attached hydrogens (tertiary/aromatic N) is 1. The highest BCUT2D eigenvalue weighted by atomic mass is 32.1. The molecule has 2 aromatic heterocycles. The van der Waals surface area contributed by atoms with Gasteiger partial charge in [0, 0.05) is 18.3 Å². The number of carbonyl (C=O) groups is 2. The Bertz CT molecular complexity index is 658. The number of thiophene rings is 1. The molecule has 0 aliphatic heterocycles. The fraction of sp³-hybridized carbons (Fsp3) is 0.250. The first kappa shape index (κ1) is 14.4. The maximum absolute atomic E-state index is 12.8. The maximum Gasteiger partial charge on any atom is 0.322 e. The number of carbonyl (C=O) groups excluding carboxylic acids is 1. The van der Waals surface area contributed by atoms with Crippen LogP contribution in [0.15, 0.2) is 18.3 Å². The molecule has 106 valence electrons. The van der Waals surface area contributed by atoms with Crippen LogP contribution in [0.5, 0.6) is 0 Å². The van der Waals surface area contributed by atoms with Crippen molar-refractivity contribution in [3.8, 4) is 0 Å². The van der Waals surface area contributed by atoms with Crippen LogP contribution in [0.2, 0.25) is 0 Å². The minimum absolute atomic E-state index is 0.175. The van der Waals surface area contributed by atoms with Gasteiger partial charge in [0.15, 0.2) is 0 Å². The van der Waals surface area contributed by atoms with Gasteiger partial charge in [0.25, 0.3) is 5.91 Å². The van der Waals surface area contributed by atoms with Crippen LogP contribution in [-0.4, -0.2) is 34.6 Å².